The number of ether oxygens (including phenoxy) is 1. The monoisotopic (exact) mass is 442 g/mol. The van der Waals surface area contributed by atoms with Crippen LogP contribution in [0.15, 0.2) is 23.8 Å². The number of rotatable bonds is 8. The molecule has 4 heteroatoms. The number of carbonyl (C=O) groups is 2. The fourth-order valence-corrected chi connectivity index (χ4v) is 7.54. The molecule has 3 aliphatic carbocycles. The number of Topliss-reactive ketones (excluding diaryl/α,β-unsaturated/α-hetero) is 1. The lowest BCUT2D eigenvalue weighted by Gasteiger charge is -2.46. The van der Waals surface area contributed by atoms with Crippen molar-refractivity contribution >= 4 is 12.1 Å². The minimum absolute atomic E-state index is 0.0681. The van der Waals surface area contributed by atoms with Gasteiger partial charge >= 0.3 is 0 Å². The predicted molar refractivity (Wildman–Crippen MR) is 126 cm³/mol. The van der Waals surface area contributed by atoms with Crippen molar-refractivity contribution in [2.24, 2.45) is 34.5 Å². The molecule has 0 bridgehead atoms. The third-order valence-corrected chi connectivity index (χ3v) is 10.0. The summed E-state index contributed by atoms with van der Waals surface area (Å²) in [7, 11) is 0. The Bertz CT molecular complexity index is 827. The summed E-state index contributed by atoms with van der Waals surface area (Å²) in [5, 5.41) is 10.2. The predicted octanol–water partition coefficient (Wildman–Crippen LogP) is 5.43. The van der Waals surface area contributed by atoms with Crippen LogP contribution in [-0.4, -0.2) is 35.0 Å². The summed E-state index contributed by atoms with van der Waals surface area (Å²) in [4.78, 5) is 25.8. The molecular weight excluding hydrogens is 400 g/mol. The van der Waals surface area contributed by atoms with Crippen LogP contribution < -0.4 is 0 Å². The number of hydrogen-bond donors (Lipinski definition) is 1. The number of carbonyl (C=O) groups excluding carboxylic acids is 2. The molecule has 1 aliphatic heterocycles. The van der Waals surface area contributed by atoms with Crippen molar-refractivity contribution in [2.45, 2.75) is 104 Å². The first-order valence-corrected chi connectivity index (χ1v) is 12.7. The van der Waals surface area contributed by atoms with Crippen LogP contribution in [0.4, 0.5) is 0 Å². The van der Waals surface area contributed by atoms with E-state index in [1.807, 2.05) is 0 Å². The molecule has 0 aromatic carbocycles. The largest absolute Gasteiger partial charge is 0.393 e. The van der Waals surface area contributed by atoms with Gasteiger partial charge in [0.1, 0.15) is 18.0 Å². The SMILES string of the molecule is C=C(CC[C@@H](C)[C@H]1CC[C@@H](C2=C[C@@H]3O[C@@]34C[C@@H](O)CC[C@]4(C)C2=O)[C@]1(C)CC=O)C(C)C. The highest BCUT2D eigenvalue weighted by Gasteiger charge is 2.73. The molecule has 0 unspecified atom stereocenters. The van der Waals surface area contributed by atoms with Crippen LogP contribution in [0.3, 0.4) is 0 Å². The van der Waals surface area contributed by atoms with Gasteiger partial charge < -0.3 is 14.6 Å². The van der Waals surface area contributed by atoms with Crippen LogP contribution in [0, 0.1) is 34.5 Å². The number of aliphatic hydroxyl groups excluding tert-OH is 1. The Hall–Kier alpha value is -1.26. The zero-order chi connectivity index (χ0) is 23.5. The molecule has 4 aliphatic rings. The maximum Gasteiger partial charge on any atom is 0.167 e. The van der Waals surface area contributed by atoms with Crippen LogP contribution in [0.2, 0.25) is 0 Å². The Kier molecular flexibility index (Phi) is 6.12. The van der Waals surface area contributed by atoms with Gasteiger partial charge in [0.15, 0.2) is 5.78 Å². The molecule has 32 heavy (non-hydrogen) atoms. The molecule has 1 saturated heterocycles. The number of hydrogen-bond acceptors (Lipinski definition) is 4. The van der Waals surface area contributed by atoms with Gasteiger partial charge in [-0.15, -0.1) is 0 Å². The lowest BCUT2D eigenvalue weighted by atomic mass is 9.55. The molecule has 1 spiro atoms. The molecule has 4 nitrogen and oxygen atoms in total. The molecule has 3 fully saturated rings. The van der Waals surface area contributed by atoms with Gasteiger partial charge in [0.05, 0.1) is 11.5 Å². The Balaban J connectivity index is 1.59. The van der Waals surface area contributed by atoms with Gasteiger partial charge in [0.25, 0.3) is 0 Å². The van der Waals surface area contributed by atoms with E-state index in [1.165, 1.54) is 5.57 Å². The summed E-state index contributed by atoms with van der Waals surface area (Å²) in [5.41, 5.74) is 0.939. The van der Waals surface area contributed by atoms with E-state index in [0.717, 1.165) is 37.5 Å². The fourth-order valence-electron chi connectivity index (χ4n) is 7.54. The lowest BCUT2D eigenvalue weighted by molar-refractivity contribution is -0.134. The fraction of sp³-hybridized carbons (Fsp3) is 0.786. The minimum atomic E-state index is -0.554. The highest BCUT2D eigenvalue weighted by atomic mass is 16.6. The average molecular weight is 443 g/mol. The number of aliphatic hydroxyl groups is 1. The molecule has 2 saturated carbocycles. The second-order valence-corrected chi connectivity index (χ2v) is 12.0. The maximum atomic E-state index is 13.9. The van der Waals surface area contributed by atoms with E-state index in [2.05, 4.69) is 47.3 Å². The van der Waals surface area contributed by atoms with Crippen molar-refractivity contribution < 1.29 is 19.4 Å². The van der Waals surface area contributed by atoms with Crippen LogP contribution in [-0.2, 0) is 14.3 Å². The Morgan fingerprint density at radius 3 is 2.66 bits per heavy atom. The zero-order valence-electron chi connectivity index (χ0n) is 20.7. The molecule has 0 amide bonds. The van der Waals surface area contributed by atoms with E-state index >= 15 is 0 Å². The summed E-state index contributed by atoms with van der Waals surface area (Å²) in [5.74, 6) is 1.71. The Morgan fingerprint density at radius 2 is 2.00 bits per heavy atom. The smallest absolute Gasteiger partial charge is 0.167 e. The lowest BCUT2D eigenvalue weighted by Crippen LogP contribution is -2.53. The molecule has 1 N–H and O–H groups in total. The van der Waals surface area contributed by atoms with Crippen molar-refractivity contribution in [1.29, 1.82) is 0 Å². The number of ketones is 1. The summed E-state index contributed by atoms with van der Waals surface area (Å²) in [6.07, 6.45) is 9.19. The van der Waals surface area contributed by atoms with E-state index in [-0.39, 0.29) is 29.3 Å². The van der Waals surface area contributed by atoms with Gasteiger partial charge in [-0.05, 0) is 86.2 Å². The first-order valence-electron chi connectivity index (χ1n) is 12.7. The highest BCUT2D eigenvalue weighted by molar-refractivity contribution is 6.03. The number of allylic oxidation sites excluding steroid dienone is 2. The average Bonchev–Trinajstić information content (AvgIpc) is 3.33. The molecule has 1 heterocycles. The molecule has 0 aromatic heterocycles. The van der Waals surface area contributed by atoms with E-state index < -0.39 is 11.0 Å². The molecular formula is C28H42O4. The third-order valence-electron chi connectivity index (χ3n) is 10.0. The quantitative estimate of drug-likeness (QED) is 0.309. The van der Waals surface area contributed by atoms with Crippen molar-refractivity contribution in [3.05, 3.63) is 23.8 Å². The van der Waals surface area contributed by atoms with E-state index in [4.69, 9.17) is 4.74 Å². The van der Waals surface area contributed by atoms with Crippen molar-refractivity contribution in [2.75, 3.05) is 0 Å². The molecule has 4 rings (SSSR count). The molecule has 0 aromatic rings. The zero-order valence-corrected chi connectivity index (χ0v) is 20.7. The van der Waals surface area contributed by atoms with Crippen LogP contribution in [0.25, 0.3) is 0 Å². The van der Waals surface area contributed by atoms with Crippen LogP contribution >= 0.6 is 0 Å². The summed E-state index contributed by atoms with van der Waals surface area (Å²) < 4.78 is 6.16. The van der Waals surface area contributed by atoms with Gasteiger partial charge in [-0.1, -0.05) is 39.8 Å². The normalized spacial score (nSPS) is 44.0. The van der Waals surface area contributed by atoms with Gasteiger partial charge in [-0.3, -0.25) is 4.79 Å². The first kappa shape index (κ1) is 23.9. The van der Waals surface area contributed by atoms with Crippen molar-refractivity contribution in [1.82, 2.24) is 0 Å². The number of epoxide rings is 1. The summed E-state index contributed by atoms with van der Waals surface area (Å²) in [6, 6.07) is 0. The Labute approximate surface area is 193 Å². The molecule has 0 radical (unpaired) electrons. The summed E-state index contributed by atoms with van der Waals surface area (Å²) >= 11 is 0. The topological polar surface area (TPSA) is 66.9 Å². The van der Waals surface area contributed by atoms with Crippen LogP contribution in [0.5, 0.6) is 0 Å². The van der Waals surface area contributed by atoms with E-state index in [0.29, 0.717) is 43.4 Å². The van der Waals surface area contributed by atoms with E-state index in [9.17, 15) is 14.7 Å². The second kappa shape index (κ2) is 8.20. The maximum absolute atomic E-state index is 13.9. The van der Waals surface area contributed by atoms with Gasteiger partial charge in [-0.25, -0.2) is 0 Å². The van der Waals surface area contributed by atoms with Crippen molar-refractivity contribution in [3.63, 3.8) is 0 Å². The second-order valence-electron chi connectivity index (χ2n) is 12.0. The van der Waals surface area contributed by atoms with E-state index in [1.54, 1.807) is 0 Å². The first-order chi connectivity index (χ1) is 15.0. The standard InChI is InChI=1S/C28H42O4/c1-17(2)18(3)7-8-19(4)22-9-10-23(26(22,5)13-14-29)21-15-24-28(32-24)16-20(30)11-12-27(28,6)25(21)31/h14-15,17,19-20,22-24,30H,3,7-13,16H2,1-2,4-6H3/t19-,20+,22-,23+,24+,26-,27-,28+/m1/s1. The highest BCUT2D eigenvalue weighted by Crippen LogP contribution is 2.65. The summed E-state index contributed by atoms with van der Waals surface area (Å²) in [6.45, 7) is 15.3. The number of aldehydes is 1. The van der Waals surface area contributed by atoms with Gasteiger partial charge in [0.2, 0.25) is 0 Å². The molecule has 8 atom stereocenters. The van der Waals surface area contributed by atoms with Crippen LogP contribution in [0.1, 0.15) is 86.0 Å². The Morgan fingerprint density at radius 1 is 1.28 bits per heavy atom. The minimum Gasteiger partial charge on any atom is -0.393 e. The van der Waals surface area contributed by atoms with Crippen molar-refractivity contribution in [3.8, 4) is 0 Å². The van der Waals surface area contributed by atoms with Gasteiger partial charge in [0, 0.05) is 12.8 Å². The van der Waals surface area contributed by atoms with Gasteiger partial charge in [-0.2, -0.15) is 0 Å². The third kappa shape index (κ3) is 3.48. The molecule has 178 valence electrons.